The number of fused-ring (bicyclic) bond motifs is 1. The van der Waals surface area contributed by atoms with Crippen molar-refractivity contribution in [1.29, 1.82) is 5.26 Å². The second-order valence-electron chi connectivity index (χ2n) is 4.41. The summed E-state index contributed by atoms with van der Waals surface area (Å²) in [5.41, 5.74) is 9.78. The van der Waals surface area contributed by atoms with Crippen LogP contribution in [0, 0.1) is 18.3 Å². The summed E-state index contributed by atoms with van der Waals surface area (Å²) in [6.45, 7) is 1.96. The van der Waals surface area contributed by atoms with E-state index in [0.29, 0.717) is 22.7 Å². The summed E-state index contributed by atoms with van der Waals surface area (Å²) < 4.78 is 2.61. The van der Waals surface area contributed by atoms with Gasteiger partial charge in [0, 0.05) is 10.7 Å². The van der Waals surface area contributed by atoms with E-state index in [-0.39, 0.29) is 0 Å². The maximum atomic E-state index is 9.04. The van der Waals surface area contributed by atoms with Crippen LogP contribution in [-0.4, -0.2) is 14.5 Å². The number of nitrogens with two attached hydrogens (primary N) is 1. The van der Waals surface area contributed by atoms with Gasteiger partial charge in [-0.1, -0.05) is 6.07 Å². The van der Waals surface area contributed by atoms with Gasteiger partial charge in [-0.25, -0.2) is 9.97 Å². The lowest BCUT2D eigenvalue weighted by Crippen LogP contribution is -2.03. The smallest absolute Gasteiger partial charge is 0.207 e. The van der Waals surface area contributed by atoms with E-state index in [4.69, 9.17) is 11.0 Å². The molecule has 1 aromatic carbocycles. The Hall–Kier alpha value is -2.39. The molecule has 0 aliphatic heterocycles. The van der Waals surface area contributed by atoms with Crippen LogP contribution in [0.4, 0.5) is 5.95 Å². The fourth-order valence-electron chi connectivity index (χ4n) is 2.12. The van der Waals surface area contributed by atoms with E-state index in [1.165, 1.54) is 0 Å². The Labute approximate surface area is 123 Å². The lowest BCUT2D eigenvalue weighted by molar-refractivity contribution is 1.06. The number of pyridine rings is 1. The number of nitrogens with zero attached hydrogens (tertiary/aromatic N) is 4. The van der Waals surface area contributed by atoms with Crippen molar-refractivity contribution in [3.05, 3.63) is 46.1 Å². The van der Waals surface area contributed by atoms with Crippen molar-refractivity contribution in [1.82, 2.24) is 14.5 Å². The summed E-state index contributed by atoms with van der Waals surface area (Å²) in [5, 5.41) is 9.04. The molecule has 5 nitrogen and oxygen atoms in total. The van der Waals surface area contributed by atoms with Crippen molar-refractivity contribution >= 4 is 33.0 Å². The van der Waals surface area contributed by atoms with Crippen LogP contribution in [-0.2, 0) is 0 Å². The lowest BCUT2D eigenvalue weighted by atomic mass is 10.1. The topological polar surface area (TPSA) is 80.5 Å². The Morgan fingerprint density at radius 3 is 2.90 bits per heavy atom. The molecule has 20 heavy (non-hydrogen) atoms. The van der Waals surface area contributed by atoms with Gasteiger partial charge in [0.2, 0.25) is 5.95 Å². The zero-order valence-electron chi connectivity index (χ0n) is 10.6. The minimum Gasteiger partial charge on any atom is -0.369 e. The zero-order chi connectivity index (χ0) is 14.3. The third-order valence-corrected chi connectivity index (χ3v) is 3.50. The second kappa shape index (κ2) is 4.62. The number of aryl methyl sites for hydroxylation is 1. The molecule has 6 heteroatoms. The summed E-state index contributed by atoms with van der Waals surface area (Å²) in [4.78, 5) is 8.68. The van der Waals surface area contributed by atoms with E-state index in [1.807, 2.05) is 19.1 Å². The fraction of sp³-hybridized carbons (Fsp3) is 0.0714. The van der Waals surface area contributed by atoms with Crippen LogP contribution >= 0.6 is 15.9 Å². The van der Waals surface area contributed by atoms with E-state index in [0.717, 1.165) is 15.7 Å². The van der Waals surface area contributed by atoms with Gasteiger partial charge in [0.05, 0.1) is 17.3 Å². The molecule has 0 atom stereocenters. The van der Waals surface area contributed by atoms with Gasteiger partial charge in [0.15, 0.2) is 5.65 Å². The number of anilines is 1. The van der Waals surface area contributed by atoms with Gasteiger partial charge >= 0.3 is 0 Å². The van der Waals surface area contributed by atoms with Gasteiger partial charge in [-0.05, 0) is 46.6 Å². The number of rotatable bonds is 1. The van der Waals surface area contributed by atoms with E-state index < -0.39 is 0 Å². The van der Waals surface area contributed by atoms with E-state index in [2.05, 4.69) is 32.0 Å². The van der Waals surface area contributed by atoms with Crippen molar-refractivity contribution in [3.8, 4) is 11.8 Å². The summed E-state index contributed by atoms with van der Waals surface area (Å²) in [6.07, 6.45) is 1.70. The molecule has 2 aromatic heterocycles. The number of nitrogen functional groups attached to an aromatic ring is 1. The molecule has 3 aromatic rings. The average Bonchev–Trinajstić information content (AvgIpc) is 2.74. The zero-order valence-corrected chi connectivity index (χ0v) is 12.2. The summed E-state index contributed by atoms with van der Waals surface area (Å²) in [7, 11) is 0. The highest BCUT2D eigenvalue weighted by Gasteiger charge is 2.13. The fourth-order valence-corrected chi connectivity index (χ4v) is 2.43. The largest absolute Gasteiger partial charge is 0.369 e. The van der Waals surface area contributed by atoms with Crippen molar-refractivity contribution < 1.29 is 0 Å². The molecule has 98 valence electrons. The Balaban J connectivity index is 2.35. The van der Waals surface area contributed by atoms with Gasteiger partial charge in [-0.15, -0.1) is 0 Å². The number of nitriles is 1. The molecule has 2 N–H and O–H groups in total. The van der Waals surface area contributed by atoms with Crippen molar-refractivity contribution in [2.75, 3.05) is 5.73 Å². The van der Waals surface area contributed by atoms with E-state index in [1.54, 1.807) is 22.9 Å². The highest BCUT2D eigenvalue weighted by molar-refractivity contribution is 9.10. The normalized spacial score (nSPS) is 10.7. The predicted molar refractivity (Wildman–Crippen MR) is 80.4 cm³/mol. The second-order valence-corrected chi connectivity index (χ2v) is 5.33. The van der Waals surface area contributed by atoms with Crippen LogP contribution in [0.1, 0.15) is 11.1 Å². The molecule has 0 fully saturated rings. The van der Waals surface area contributed by atoms with Gasteiger partial charge in [0.1, 0.15) is 5.52 Å². The summed E-state index contributed by atoms with van der Waals surface area (Å²) in [5.74, 6) is 0.351. The third-order valence-electron chi connectivity index (χ3n) is 3.07. The van der Waals surface area contributed by atoms with Crippen molar-refractivity contribution in [3.63, 3.8) is 0 Å². The molecule has 0 radical (unpaired) electrons. The SMILES string of the molecule is Cc1ccc(C#N)cc1-n1c(N)nc2cc(Br)cnc21. The first-order valence-corrected chi connectivity index (χ1v) is 6.70. The first-order valence-electron chi connectivity index (χ1n) is 5.91. The number of aromatic nitrogens is 3. The van der Waals surface area contributed by atoms with Crippen LogP contribution < -0.4 is 5.73 Å². The third kappa shape index (κ3) is 1.92. The average molecular weight is 328 g/mol. The monoisotopic (exact) mass is 327 g/mol. The van der Waals surface area contributed by atoms with E-state index in [9.17, 15) is 0 Å². The quantitative estimate of drug-likeness (QED) is 0.745. The minimum absolute atomic E-state index is 0.351. The van der Waals surface area contributed by atoms with E-state index >= 15 is 0 Å². The van der Waals surface area contributed by atoms with Crippen molar-refractivity contribution in [2.45, 2.75) is 6.92 Å². The first-order chi connectivity index (χ1) is 9.60. The van der Waals surface area contributed by atoms with Crippen molar-refractivity contribution in [2.24, 2.45) is 0 Å². The molecule has 0 aliphatic rings. The molecule has 0 saturated heterocycles. The predicted octanol–water partition coefficient (Wildman–Crippen LogP) is 2.95. The van der Waals surface area contributed by atoms with Gasteiger partial charge in [0.25, 0.3) is 0 Å². The number of hydrogen-bond donors (Lipinski definition) is 1. The van der Waals surface area contributed by atoms with Crippen LogP contribution in [0.15, 0.2) is 34.9 Å². The molecular weight excluding hydrogens is 318 g/mol. The Morgan fingerprint density at radius 1 is 1.35 bits per heavy atom. The molecule has 0 bridgehead atoms. The Bertz CT molecular complexity index is 860. The van der Waals surface area contributed by atoms with Crippen LogP contribution in [0.3, 0.4) is 0 Å². The Morgan fingerprint density at radius 2 is 2.15 bits per heavy atom. The number of halogens is 1. The standard InChI is InChI=1S/C14H10BrN5/c1-8-2-3-9(6-16)4-12(8)20-13-11(19-14(20)17)5-10(15)7-18-13/h2-5,7H,1H3,(H2,17,19). The maximum absolute atomic E-state index is 9.04. The van der Waals surface area contributed by atoms with Crippen LogP contribution in [0.5, 0.6) is 0 Å². The molecule has 0 saturated carbocycles. The molecule has 0 aliphatic carbocycles. The number of imidazole rings is 1. The molecule has 2 heterocycles. The number of benzene rings is 1. The molecular formula is C14H10BrN5. The summed E-state index contributed by atoms with van der Waals surface area (Å²) in [6, 6.07) is 9.44. The molecule has 0 unspecified atom stereocenters. The lowest BCUT2D eigenvalue weighted by Gasteiger charge is -2.09. The molecule has 3 rings (SSSR count). The first kappa shape index (κ1) is 12.6. The highest BCUT2D eigenvalue weighted by Crippen LogP contribution is 2.26. The Kier molecular flexibility index (Phi) is 2.92. The van der Waals surface area contributed by atoms with Gasteiger partial charge in [-0.3, -0.25) is 4.57 Å². The molecule has 0 amide bonds. The van der Waals surface area contributed by atoms with Crippen LogP contribution in [0.2, 0.25) is 0 Å². The number of hydrogen-bond acceptors (Lipinski definition) is 4. The summed E-state index contributed by atoms with van der Waals surface area (Å²) >= 11 is 3.36. The van der Waals surface area contributed by atoms with Crippen LogP contribution in [0.25, 0.3) is 16.9 Å². The van der Waals surface area contributed by atoms with Gasteiger partial charge in [-0.2, -0.15) is 5.26 Å². The maximum Gasteiger partial charge on any atom is 0.207 e. The molecule has 0 spiro atoms. The highest BCUT2D eigenvalue weighted by atomic mass is 79.9. The minimum atomic E-state index is 0.351. The van der Waals surface area contributed by atoms with Gasteiger partial charge < -0.3 is 5.73 Å².